The minimum absolute atomic E-state index is 0.0201. The van der Waals surface area contributed by atoms with Gasteiger partial charge >= 0.3 is 0 Å². The number of rotatable bonds is 7. The first-order valence-electron chi connectivity index (χ1n) is 5.09. The van der Waals surface area contributed by atoms with Crippen molar-refractivity contribution in [2.75, 3.05) is 6.61 Å². The van der Waals surface area contributed by atoms with Gasteiger partial charge in [0.2, 0.25) is 0 Å². The van der Waals surface area contributed by atoms with E-state index < -0.39 is 12.1 Å². The molecule has 0 rings (SSSR count). The highest BCUT2D eigenvalue weighted by atomic mass is 16.6. The van der Waals surface area contributed by atoms with Crippen LogP contribution in [0.5, 0.6) is 0 Å². The van der Waals surface area contributed by atoms with Gasteiger partial charge in [-0.15, -0.1) is 0 Å². The van der Waals surface area contributed by atoms with Gasteiger partial charge in [0.1, 0.15) is 0 Å². The highest BCUT2D eigenvalue weighted by molar-refractivity contribution is 4.96. The molecule has 5 nitrogen and oxygen atoms in total. The summed E-state index contributed by atoms with van der Waals surface area (Å²) in [6.07, 6.45) is 3.37. The van der Waals surface area contributed by atoms with Crippen molar-refractivity contribution < 1.29 is 15.1 Å². The van der Waals surface area contributed by atoms with Gasteiger partial charge in [-0.2, -0.15) is 0 Å². The van der Waals surface area contributed by atoms with Crippen molar-refractivity contribution in [1.82, 2.24) is 0 Å². The van der Waals surface area contributed by atoms with E-state index in [0.717, 1.165) is 6.42 Å². The number of hydrogen-bond acceptors (Lipinski definition) is 5. The third-order valence-electron chi connectivity index (χ3n) is 2.22. The first-order valence-corrected chi connectivity index (χ1v) is 5.09. The molecule has 0 heterocycles. The summed E-state index contributed by atoms with van der Waals surface area (Å²) >= 11 is 0. The zero-order valence-electron chi connectivity index (χ0n) is 9.34. The number of aliphatic hydroxyl groups is 2. The van der Waals surface area contributed by atoms with E-state index in [4.69, 9.17) is 16.7 Å². The Morgan fingerprint density at radius 2 is 1.93 bits per heavy atom. The van der Waals surface area contributed by atoms with Gasteiger partial charge in [-0.1, -0.05) is 19.1 Å². The van der Waals surface area contributed by atoms with Crippen LogP contribution in [0.4, 0.5) is 0 Å². The molecule has 6 N–H and O–H groups in total. The van der Waals surface area contributed by atoms with Crippen LogP contribution in [0, 0.1) is 5.92 Å². The topological polar surface area (TPSA) is 102 Å². The number of allylic oxidation sites excluding steroid dienone is 1. The fourth-order valence-electron chi connectivity index (χ4n) is 1.21. The molecular weight excluding hydrogens is 196 g/mol. The maximum Gasteiger partial charge on any atom is 0.0894 e. The molecular formula is C10H22N2O3. The lowest BCUT2D eigenvalue weighted by atomic mass is 10.0. The minimum atomic E-state index is -0.813. The normalized spacial score (nSPS) is 20.1. The fourth-order valence-corrected chi connectivity index (χ4v) is 1.21. The molecule has 0 aliphatic rings. The van der Waals surface area contributed by atoms with Crippen LogP contribution in [0.2, 0.25) is 0 Å². The van der Waals surface area contributed by atoms with Gasteiger partial charge in [-0.05, 0) is 19.3 Å². The van der Waals surface area contributed by atoms with Crippen LogP contribution < -0.4 is 11.6 Å². The first kappa shape index (κ1) is 14.5. The van der Waals surface area contributed by atoms with E-state index >= 15 is 0 Å². The Morgan fingerprint density at radius 3 is 2.40 bits per heavy atom. The summed E-state index contributed by atoms with van der Waals surface area (Å²) in [5.74, 6) is 5.26. The van der Waals surface area contributed by atoms with Crippen LogP contribution in [0.25, 0.3) is 0 Å². The van der Waals surface area contributed by atoms with Gasteiger partial charge in [0, 0.05) is 0 Å². The van der Waals surface area contributed by atoms with Crippen molar-refractivity contribution in [3.8, 4) is 0 Å². The molecule has 5 heteroatoms. The van der Waals surface area contributed by atoms with Crippen molar-refractivity contribution in [1.29, 1.82) is 0 Å². The van der Waals surface area contributed by atoms with E-state index in [9.17, 15) is 5.11 Å². The van der Waals surface area contributed by atoms with Gasteiger partial charge in [0.05, 0.1) is 24.9 Å². The Kier molecular flexibility index (Phi) is 7.54. The van der Waals surface area contributed by atoms with Crippen molar-refractivity contribution >= 4 is 0 Å². The third kappa shape index (κ3) is 6.59. The highest BCUT2D eigenvalue weighted by Gasteiger charge is 2.11. The van der Waals surface area contributed by atoms with Gasteiger partial charge in [-0.25, -0.2) is 5.90 Å². The van der Waals surface area contributed by atoms with Crippen LogP contribution >= 0.6 is 0 Å². The number of nitrogens with two attached hydrogens (primary N) is 2. The Bertz CT molecular complexity index is 188. The summed E-state index contributed by atoms with van der Waals surface area (Å²) in [6, 6.07) is -0.628. The predicted molar refractivity (Wildman–Crippen MR) is 58.7 cm³/mol. The molecule has 4 atom stereocenters. The molecule has 0 saturated heterocycles. The summed E-state index contributed by atoms with van der Waals surface area (Å²) in [5, 5.41) is 18.1. The molecule has 0 aliphatic heterocycles. The fraction of sp³-hybridized carbons (Fsp3) is 0.800. The van der Waals surface area contributed by atoms with Crippen molar-refractivity contribution in [2.24, 2.45) is 17.5 Å². The van der Waals surface area contributed by atoms with Crippen molar-refractivity contribution in [3.05, 3.63) is 12.2 Å². The van der Waals surface area contributed by atoms with E-state index in [2.05, 4.69) is 4.84 Å². The molecule has 0 fully saturated rings. The maximum atomic E-state index is 9.43. The lowest BCUT2D eigenvalue weighted by Crippen LogP contribution is -2.36. The Balaban J connectivity index is 3.93. The zero-order valence-corrected chi connectivity index (χ0v) is 9.34. The first-order chi connectivity index (χ1) is 7.01. The van der Waals surface area contributed by atoms with Gasteiger partial charge in [0.15, 0.2) is 0 Å². The molecule has 15 heavy (non-hydrogen) atoms. The van der Waals surface area contributed by atoms with Crippen LogP contribution in [0.1, 0.15) is 20.3 Å². The van der Waals surface area contributed by atoms with E-state index in [0.29, 0.717) is 0 Å². The Labute approximate surface area is 90.7 Å². The third-order valence-corrected chi connectivity index (χ3v) is 2.22. The molecule has 0 aliphatic carbocycles. The molecule has 0 spiro atoms. The molecule has 0 saturated carbocycles. The van der Waals surface area contributed by atoms with Crippen LogP contribution in [0.15, 0.2) is 12.2 Å². The quantitative estimate of drug-likeness (QED) is 0.342. The second-order valence-corrected chi connectivity index (χ2v) is 3.88. The molecule has 0 amide bonds. The summed E-state index contributed by atoms with van der Waals surface area (Å²) in [4.78, 5) is 4.64. The van der Waals surface area contributed by atoms with Gasteiger partial charge in [0.25, 0.3) is 0 Å². The maximum absolute atomic E-state index is 9.43. The molecule has 90 valence electrons. The lowest BCUT2D eigenvalue weighted by molar-refractivity contribution is 0.0542. The second-order valence-electron chi connectivity index (χ2n) is 3.88. The highest BCUT2D eigenvalue weighted by Crippen LogP contribution is 2.09. The minimum Gasteiger partial charge on any atom is -0.395 e. The molecule has 0 aromatic carbocycles. The Morgan fingerprint density at radius 1 is 1.33 bits per heavy atom. The summed E-state index contributed by atoms with van der Waals surface area (Å²) in [5.41, 5.74) is 5.43. The average Bonchev–Trinajstić information content (AvgIpc) is 2.24. The van der Waals surface area contributed by atoms with Crippen molar-refractivity contribution in [3.63, 3.8) is 0 Å². The van der Waals surface area contributed by atoms with Crippen LogP contribution in [-0.4, -0.2) is 35.1 Å². The summed E-state index contributed by atoms with van der Waals surface area (Å²) in [7, 11) is 0. The monoisotopic (exact) mass is 218 g/mol. The van der Waals surface area contributed by atoms with Gasteiger partial charge < -0.3 is 20.8 Å². The number of hydrogen-bond donors (Lipinski definition) is 4. The zero-order chi connectivity index (χ0) is 11.8. The Hall–Kier alpha value is -0.460. The average molecular weight is 218 g/mol. The largest absolute Gasteiger partial charge is 0.395 e. The lowest BCUT2D eigenvalue weighted by Gasteiger charge is -2.15. The standard InChI is InChI=1S/C10H22N2O3/c1-7(5-8(2)15-12)3-4-10(14)9(11)6-13/h3-4,7-10,13-14H,5-6,11-12H2,1-2H3/b4-3+/t7?,8?,9-,10+/m0/s1. The van der Waals surface area contributed by atoms with E-state index in [1.165, 1.54) is 0 Å². The molecule has 2 unspecified atom stereocenters. The molecule has 0 radical (unpaired) electrons. The smallest absolute Gasteiger partial charge is 0.0894 e. The van der Waals surface area contributed by atoms with E-state index in [1.807, 2.05) is 19.9 Å². The summed E-state index contributed by atoms with van der Waals surface area (Å²) < 4.78 is 0. The SMILES string of the molecule is CC(/C=C/[C@@H](O)[C@@H](N)CO)CC(C)ON. The summed E-state index contributed by atoms with van der Waals surface area (Å²) in [6.45, 7) is 3.63. The molecule has 0 aromatic heterocycles. The predicted octanol–water partition coefficient (Wildman–Crippen LogP) is -0.472. The second kappa shape index (κ2) is 7.78. The molecule has 0 bridgehead atoms. The van der Waals surface area contributed by atoms with E-state index in [1.54, 1.807) is 6.08 Å². The van der Waals surface area contributed by atoms with Crippen molar-refractivity contribution in [2.45, 2.75) is 38.5 Å². The van der Waals surface area contributed by atoms with Crippen LogP contribution in [-0.2, 0) is 4.84 Å². The van der Waals surface area contributed by atoms with Crippen LogP contribution in [0.3, 0.4) is 0 Å². The van der Waals surface area contributed by atoms with Gasteiger partial charge in [-0.3, -0.25) is 0 Å². The number of aliphatic hydroxyl groups excluding tert-OH is 2. The molecule has 0 aromatic rings. The van der Waals surface area contributed by atoms with E-state index in [-0.39, 0.29) is 18.6 Å².